The van der Waals surface area contributed by atoms with Crippen molar-refractivity contribution >= 4 is 68.4 Å². The maximum absolute atomic E-state index is 13.0. The molecule has 5 aromatic rings. The summed E-state index contributed by atoms with van der Waals surface area (Å²) in [6, 6.07) is 19.6. The highest BCUT2D eigenvalue weighted by molar-refractivity contribution is 8.01. The fraction of sp³-hybridized carbons (Fsp3) is 0.111. The molecular weight excluding hydrogens is 542 g/mol. The van der Waals surface area contributed by atoms with Crippen LogP contribution < -0.4 is 10.9 Å². The van der Waals surface area contributed by atoms with Crippen molar-refractivity contribution in [1.82, 2.24) is 14.3 Å². The van der Waals surface area contributed by atoms with Gasteiger partial charge in [-0.3, -0.25) is 19.3 Å². The Morgan fingerprint density at radius 2 is 1.97 bits per heavy atom. The highest BCUT2D eigenvalue weighted by Crippen LogP contribution is 2.32. The number of nitrogens with zero attached hydrogens (tertiary/aromatic N) is 4. The van der Waals surface area contributed by atoms with Crippen molar-refractivity contribution in [2.75, 3.05) is 11.1 Å². The van der Waals surface area contributed by atoms with Crippen LogP contribution in [0, 0.1) is 6.92 Å². The molecule has 0 fully saturated rings. The summed E-state index contributed by atoms with van der Waals surface area (Å²) in [6.07, 6.45) is 1.56. The van der Waals surface area contributed by atoms with E-state index in [1.807, 2.05) is 48.5 Å². The molecule has 0 atom stereocenters. The van der Waals surface area contributed by atoms with Crippen LogP contribution in [-0.4, -0.2) is 37.3 Å². The zero-order chi connectivity index (χ0) is 26.8. The Hall–Kier alpha value is -3.86. The number of para-hydroxylation sites is 1. The number of hydrogen-bond acceptors (Lipinski definition) is 7. The number of carbonyl (C=O) groups is 1. The maximum atomic E-state index is 13.0. The quantitative estimate of drug-likeness (QED) is 0.189. The molecule has 2 aromatic heterocycles. The van der Waals surface area contributed by atoms with E-state index in [0.29, 0.717) is 22.0 Å². The number of aromatic nitrogens is 3. The minimum absolute atomic E-state index is 0.0960. The second-order valence-electron chi connectivity index (χ2n) is 8.37. The first-order chi connectivity index (χ1) is 18.3. The van der Waals surface area contributed by atoms with Crippen LogP contribution in [0.2, 0.25) is 5.02 Å². The Kier molecular flexibility index (Phi) is 7.37. The number of phenols is 1. The van der Waals surface area contributed by atoms with Crippen LogP contribution in [0.3, 0.4) is 0 Å². The van der Waals surface area contributed by atoms with Gasteiger partial charge in [0.05, 0.1) is 33.0 Å². The van der Waals surface area contributed by atoms with Gasteiger partial charge in [0.15, 0.2) is 4.34 Å². The average Bonchev–Trinajstić information content (AvgIpc) is 3.41. The molecule has 1 amide bonds. The van der Waals surface area contributed by atoms with Crippen molar-refractivity contribution in [3.8, 4) is 11.4 Å². The second kappa shape index (κ2) is 10.9. The molecule has 11 heteroatoms. The number of rotatable bonds is 7. The molecule has 0 spiro atoms. The molecule has 0 saturated heterocycles. The van der Waals surface area contributed by atoms with Gasteiger partial charge in [0, 0.05) is 23.8 Å². The normalized spacial score (nSPS) is 11.4. The standard InChI is InChI=1S/C27H22ClN5O3S2/c1-16-25(26(36)33(32(16)2)20-6-4-3-5-7-20)31-24(35)15-37-27-30-21-10-9-19(13-23(21)38-27)29-14-17-12-18(28)8-11-22(17)34/h3-14,34H,15H2,1-2H3,(H,31,35). The number of carbonyl (C=O) groups excluding carboxylic acids is 1. The molecule has 0 saturated carbocycles. The summed E-state index contributed by atoms with van der Waals surface area (Å²) < 4.78 is 4.90. The lowest BCUT2D eigenvalue weighted by Crippen LogP contribution is -2.23. The number of anilines is 1. The van der Waals surface area contributed by atoms with E-state index in [4.69, 9.17) is 11.6 Å². The largest absolute Gasteiger partial charge is 0.507 e. The fourth-order valence-electron chi connectivity index (χ4n) is 3.82. The highest BCUT2D eigenvalue weighted by Gasteiger charge is 2.18. The average molecular weight is 564 g/mol. The molecule has 5 rings (SSSR count). The third kappa shape index (κ3) is 5.38. The molecule has 38 heavy (non-hydrogen) atoms. The van der Waals surface area contributed by atoms with Crippen LogP contribution in [0.15, 0.2) is 80.9 Å². The summed E-state index contributed by atoms with van der Waals surface area (Å²) in [5.74, 6) is -0.0802. The van der Waals surface area contributed by atoms with E-state index in [1.165, 1.54) is 33.8 Å². The number of amides is 1. The molecule has 0 aliphatic rings. The number of aliphatic imine (C=N–C) groups is 1. The van der Waals surface area contributed by atoms with Crippen molar-refractivity contribution in [1.29, 1.82) is 0 Å². The van der Waals surface area contributed by atoms with Crippen molar-refractivity contribution < 1.29 is 9.90 Å². The van der Waals surface area contributed by atoms with Gasteiger partial charge in [-0.1, -0.05) is 41.6 Å². The summed E-state index contributed by atoms with van der Waals surface area (Å²) in [5, 5.41) is 13.3. The van der Waals surface area contributed by atoms with Crippen LogP contribution in [0.5, 0.6) is 5.75 Å². The molecule has 0 aliphatic heterocycles. The van der Waals surface area contributed by atoms with Gasteiger partial charge in [-0.15, -0.1) is 11.3 Å². The Balaban J connectivity index is 1.27. The van der Waals surface area contributed by atoms with Crippen molar-refractivity contribution in [3.63, 3.8) is 0 Å². The number of phenolic OH excluding ortho intramolecular Hbond substituents is 1. The van der Waals surface area contributed by atoms with Gasteiger partial charge >= 0.3 is 0 Å². The van der Waals surface area contributed by atoms with Crippen LogP contribution >= 0.6 is 34.7 Å². The number of benzene rings is 3. The van der Waals surface area contributed by atoms with Crippen molar-refractivity contribution in [3.05, 3.63) is 93.4 Å². The minimum Gasteiger partial charge on any atom is -0.507 e. The van der Waals surface area contributed by atoms with Gasteiger partial charge < -0.3 is 10.4 Å². The lowest BCUT2D eigenvalue weighted by Gasteiger charge is -2.07. The highest BCUT2D eigenvalue weighted by atomic mass is 35.5. The molecule has 8 nitrogen and oxygen atoms in total. The van der Waals surface area contributed by atoms with Crippen LogP contribution in [0.4, 0.5) is 11.4 Å². The van der Waals surface area contributed by atoms with E-state index in [9.17, 15) is 14.7 Å². The molecule has 192 valence electrons. The first-order valence-electron chi connectivity index (χ1n) is 11.5. The molecule has 2 heterocycles. The van der Waals surface area contributed by atoms with Crippen LogP contribution in [-0.2, 0) is 11.8 Å². The van der Waals surface area contributed by atoms with E-state index >= 15 is 0 Å². The Morgan fingerprint density at radius 3 is 2.76 bits per heavy atom. The number of halogens is 1. The van der Waals surface area contributed by atoms with Gasteiger partial charge in [-0.25, -0.2) is 9.67 Å². The second-order valence-corrected chi connectivity index (χ2v) is 11.1. The smallest absolute Gasteiger partial charge is 0.295 e. The Labute approximate surface area is 231 Å². The van der Waals surface area contributed by atoms with Crippen LogP contribution in [0.25, 0.3) is 15.9 Å². The summed E-state index contributed by atoms with van der Waals surface area (Å²) in [4.78, 5) is 34.8. The molecule has 0 aliphatic carbocycles. The summed E-state index contributed by atoms with van der Waals surface area (Å²) in [7, 11) is 1.78. The van der Waals surface area contributed by atoms with Crippen molar-refractivity contribution in [2.45, 2.75) is 11.3 Å². The topological polar surface area (TPSA) is 102 Å². The molecule has 0 unspecified atom stereocenters. The first kappa shape index (κ1) is 25.8. The molecular formula is C27H22ClN5O3S2. The monoisotopic (exact) mass is 563 g/mol. The predicted octanol–water partition coefficient (Wildman–Crippen LogP) is 5.93. The number of fused-ring (bicyclic) bond motifs is 1. The fourth-order valence-corrected chi connectivity index (χ4v) is 5.90. The Bertz CT molecular complexity index is 1740. The zero-order valence-electron chi connectivity index (χ0n) is 20.4. The van der Waals surface area contributed by atoms with Gasteiger partial charge in [0.25, 0.3) is 5.56 Å². The maximum Gasteiger partial charge on any atom is 0.295 e. The third-order valence-corrected chi connectivity index (χ3v) is 8.24. The number of nitrogens with one attached hydrogen (secondary N) is 1. The van der Waals surface area contributed by atoms with Gasteiger partial charge in [0.1, 0.15) is 11.4 Å². The third-order valence-electron chi connectivity index (χ3n) is 5.84. The van der Waals surface area contributed by atoms with E-state index in [2.05, 4.69) is 15.3 Å². The molecule has 2 N–H and O–H groups in total. The first-order valence-corrected chi connectivity index (χ1v) is 13.7. The Morgan fingerprint density at radius 1 is 1.18 bits per heavy atom. The number of thioether (sulfide) groups is 1. The summed E-state index contributed by atoms with van der Waals surface area (Å²) >= 11 is 8.76. The zero-order valence-corrected chi connectivity index (χ0v) is 22.8. The summed E-state index contributed by atoms with van der Waals surface area (Å²) in [6.45, 7) is 1.80. The number of aromatic hydroxyl groups is 1. The summed E-state index contributed by atoms with van der Waals surface area (Å²) in [5.41, 5.74) is 3.38. The van der Waals surface area contributed by atoms with E-state index in [-0.39, 0.29) is 28.7 Å². The van der Waals surface area contributed by atoms with Crippen LogP contribution in [0.1, 0.15) is 11.3 Å². The van der Waals surface area contributed by atoms with Gasteiger partial charge in [-0.2, -0.15) is 0 Å². The van der Waals surface area contributed by atoms with E-state index in [1.54, 1.807) is 37.0 Å². The molecule has 0 bridgehead atoms. The van der Waals surface area contributed by atoms with E-state index in [0.717, 1.165) is 20.2 Å². The SMILES string of the molecule is Cc1c(NC(=O)CSc2nc3ccc(N=Cc4cc(Cl)ccc4O)cc3s2)c(=O)n(-c2ccccc2)n1C. The predicted molar refractivity (Wildman–Crippen MR) is 155 cm³/mol. The van der Waals surface area contributed by atoms with Gasteiger partial charge in [0.2, 0.25) is 5.91 Å². The number of thiazole rings is 1. The lowest BCUT2D eigenvalue weighted by molar-refractivity contribution is -0.113. The number of hydrogen-bond donors (Lipinski definition) is 2. The molecule has 0 radical (unpaired) electrons. The van der Waals surface area contributed by atoms with E-state index < -0.39 is 0 Å². The van der Waals surface area contributed by atoms with Gasteiger partial charge in [-0.05, 0) is 55.5 Å². The molecule has 3 aromatic carbocycles. The lowest BCUT2D eigenvalue weighted by atomic mass is 10.2. The minimum atomic E-state index is -0.285. The van der Waals surface area contributed by atoms with Crippen molar-refractivity contribution in [2.24, 2.45) is 12.0 Å².